The van der Waals surface area contributed by atoms with Gasteiger partial charge in [-0.05, 0) is 79.9 Å². The Labute approximate surface area is 440 Å². The maximum atomic E-state index is 14.1. The van der Waals surface area contributed by atoms with Crippen molar-refractivity contribution in [3.8, 4) is 16.9 Å². The van der Waals surface area contributed by atoms with E-state index in [9.17, 15) is 19.2 Å². The van der Waals surface area contributed by atoms with E-state index in [0.29, 0.717) is 89.8 Å². The van der Waals surface area contributed by atoms with Crippen molar-refractivity contribution in [1.82, 2.24) is 45.9 Å². The molecule has 6 atom stereocenters. The van der Waals surface area contributed by atoms with Crippen molar-refractivity contribution in [2.24, 2.45) is 0 Å². The van der Waals surface area contributed by atoms with E-state index in [1.54, 1.807) is 43.6 Å². The molecule has 75 heavy (non-hydrogen) atoms. The van der Waals surface area contributed by atoms with Gasteiger partial charge in [-0.15, -0.1) is 0 Å². The molecule has 2 saturated carbocycles. The summed E-state index contributed by atoms with van der Waals surface area (Å²) in [5.74, 6) is 0.547. The average molecular weight is 1020 g/mol. The van der Waals surface area contributed by atoms with Crippen LogP contribution in [-0.4, -0.2) is 178 Å². The van der Waals surface area contributed by atoms with Crippen molar-refractivity contribution in [2.45, 2.75) is 61.9 Å². The zero-order chi connectivity index (χ0) is 52.2. The second kappa shape index (κ2) is 25.3. The van der Waals surface area contributed by atoms with Crippen LogP contribution in [0, 0.1) is 0 Å². The highest BCUT2D eigenvalue weighted by molar-refractivity contribution is 5.98. The standard InChI is InChI=1S/C58H72N10O7/c1-58(61-25-36-75-39-51(56(71)66-31-27-64(2)28-32-66)62-54(69)45-17-15-43(16-18-45)42-11-5-4-6-12-42)38-48(58)53-14-8-10-26-68(53)41-65-29-33-67(34-30-65)57(72)52(63-55(70)49-13-7-9-23-59-49)40-74-35-24-60-50-37-47(50)44-19-21-46(73-3)22-20-44/h4-23,26,47-48,50-52,60-61H,24-25,27-41H2,1-3H3,(H-,62,63,69,70)/p+1. The molecule has 6 unspecified atom stereocenters. The lowest BCUT2D eigenvalue weighted by atomic mass is 10.0. The Bertz CT molecular complexity index is 2670. The molecule has 17 nitrogen and oxygen atoms in total. The van der Waals surface area contributed by atoms with Crippen molar-refractivity contribution in [3.05, 3.63) is 150 Å². The number of benzene rings is 3. The van der Waals surface area contributed by atoms with Crippen LogP contribution in [-0.2, 0) is 25.7 Å². The Kier molecular flexibility index (Phi) is 18.0. The first kappa shape index (κ1) is 53.2. The van der Waals surface area contributed by atoms with Crippen molar-refractivity contribution in [2.75, 3.05) is 106 Å². The third kappa shape index (κ3) is 14.2. The van der Waals surface area contributed by atoms with Gasteiger partial charge in [-0.25, -0.2) is 4.90 Å². The molecular formula is C58H73N10O7+. The SMILES string of the molecule is COc1ccc(C2CC2NCCOCC(NC(=O)c2ccccn2)C(=O)N2CCN(C[n+]3ccccc3C3CC3(C)NCCOCC(NC(=O)c3ccc(-c4ccccc4)cc3)C(=O)N3CCN(C)CC3)CC2)cc1. The highest BCUT2D eigenvalue weighted by Crippen LogP contribution is 2.50. The van der Waals surface area contributed by atoms with Crippen molar-refractivity contribution in [3.63, 3.8) is 0 Å². The number of pyridine rings is 2. The molecule has 0 radical (unpaired) electrons. The summed E-state index contributed by atoms with van der Waals surface area (Å²) in [6.07, 6.45) is 5.69. The summed E-state index contributed by atoms with van der Waals surface area (Å²) >= 11 is 0. The summed E-state index contributed by atoms with van der Waals surface area (Å²) in [4.78, 5) is 67.2. The van der Waals surface area contributed by atoms with Crippen LogP contribution in [0.4, 0.5) is 0 Å². The van der Waals surface area contributed by atoms with Crippen LogP contribution >= 0.6 is 0 Å². The predicted molar refractivity (Wildman–Crippen MR) is 285 cm³/mol. The number of nitrogens with zero attached hydrogens (tertiary/aromatic N) is 6. The molecule has 0 spiro atoms. The Morgan fingerprint density at radius 3 is 2.00 bits per heavy atom. The number of methoxy groups -OCH3 is 1. The van der Waals surface area contributed by atoms with E-state index >= 15 is 0 Å². The molecule has 4 N–H and O–H groups in total. The number of amides is 4. The normalized spacial score (nSPS) is 21.5. The van der Waals surface area contributed by atoms with Crippen LogP contribution in [0.25, 0.3) is 11.1 Å². The number of piperazine rings is 2. The molecule has 9 rings (SSSR count). The highest BCUT2D eigenvalue weighted by Gasteiger charge is 2.54. The third-order valence-corrected chi connectivity index (χ3v) is 15.1. The Morgan fingerprint density at radius 1 is 0.707 bits per heavy atom. The Morgan fingerprint density at radius 2 is 1.33 bits per heavy atom. The van der Waals surface area contributed by atoms with Gasteiger partial charge in [0.2, 0.25) is 18.5 Å². The summed E-state index contributed by atoms with van der Waals surface area (Å²) < 4.78 is 19.8. The van der Waals surface area contributed by atoms with E-state index in [1.807, 2.05) is 71.4 Å². The number of nitrogens with one attached hydrogen (secondary N) is 4. The Hall–Kier alpha value is -6.60. The summed E-state index contributed by atoms with van der Waals surface area (Å²) in [7, 11) is 3.72. The smallest absolute Gasteiger partial charge is 0.270 e. The second-order valence-corrected chi connectivity index (χ2v) is 20.4. The quantitative estimate of drug-likeness (QED) is 0.0525. The van der Waals surface area contributed by atoms with Gasteiger partial charge in [0, 0.05) is 107 Å². The molecule has 4 fully saturated rings. The van der Waals surface area contributed by atoms with Gasteiger partial charge in [0.25, 0.3) is 11.8 Å². The molecule has 2 saturated heterocycles. The lowest BCUT2D eigenvalue weighted by Crippen LogP contribution is -2.58. The van der Waals surface area contributed by atoms with E-state index in [1.165, 1.54) is 11.3 Å². The molecule has 3 aromatic carbocycles. The first-order chi connectivity index (χ1) is 36.5. The fourth-order valence-electron chi connectivity index (χ4n) is 10.3. The zero-order valence-corrected chi connectivity index (χ0v) is 43.6. The van der Waals surface area contributed by atoms with Gasteiger partial charge < -0.3 is 50.2 Å². The van der Waals surface area contributed by atoms with Crippen LogP contribution in [0.15, 0.2) is 128 Å². The topological polar surface area (TPSA) is 174 Å². The van der Waals surface area contributed by atoms with Gasteiger partial charge in [0.15, 0.2) is 11.9 Å². The number of likely N-dealkylation sites (N-methyl/N-ethyl adjacent to an activating group) is 1. The molecule has 2 aromatic heterocycles. The van der Waals surface area contributed by atoms with E-state index in [-0.39, 0.29) is 48.1 Å². The van der Waals surface area contributed by atoms with Gasteiger partial charge in [-0.1, -0.05) is 66.7 Å². The van der Waals surface area contributed by atoms with Gasteiger partial charge in [-0.2, -0.15) is 4.57 Å². The number of carbonyl (C=O) groups is 4. The fourth-order valence-corrected chi connectivity index (χ4v) is 10.3. The third-order valence-electron chi connectivity index (χ3n) is 15.1. The van der Waals surface area contributed by atoms with Crippen LogP contribution in [0.3, 0.4) is 0 Å². The van der Waals surface area contributed by atoms with E-state index in [4.69, 9.17) is 14.2 Å². The maximum absolute atomic E-state index is 14.1. The lowest BCUT2D eigenvalue weighted by molar-refractivity contribution is -0.723. The van der Waals surface area contributed by atoms with Gasteiger partial charge in [0.1, 0.15) is 23.5 Å². The lowest BCUT2D eigenvalue weighted by Gasteiger charge is -2.35. The largest absolute Gasteiger partial charge is 0.497 e. The van der Waals surface area contributed by atoms with Crippen molar-refractivity contribution in [1.29, 1.82) is 0 Å². The van der Waals surface area contributed by atoms with Gasteiger partial charge in [-0.3, -0.25) is 24.2 Å². The van der Waals surface area contributed by atoms with E-state index < -0.39 is 18.0 Å². The minimum Gasteiger partial charge on any atom is -0.497 e. The number of carbonyl (C=O) groups excluding carboxylic acids is 4. The molecule has 4 heterocycles. The number of aromatic nitrogens is 2. The Balaban J connectivity index is 0.730. The second-order valence-electron chi connectivity index (χ2n) is 20.4. The first-order valence-corrected chi connectivity index (χ1v) is 26.5. The highest BCUT2D eigenvalue weighted by atomic mass is 16.5. The summed E-state index contributed by atoms with van der Waals surface area (Å²) in [6.45, 7) is 10.1. The molecule has 4 amide bonds. The first-order valence-electron chi connectivity index (χ1n) is 26.5. The molecule has 396 valence electrons. The number of ether oxygens (including phenoxy) is 3. The maximum Gasteiger partial charge on any atom is 0.270 e. The average Bonchev–Trinajstić information content (AvgIpc) is 4.39. The molecule has 2 aliphatic heterocycles. The van der Waals surface area contributed by atoms with Crippen LogP contribution in [0.1, 0.15) is 63.7 Å². The fraction of sp³-hybridized carbons (Fsp3) is 0.448. The monoisotopic (exact) mass is 1020 g/mol. The van der Waals surface area contributed by atoms with Crippen LogP contribution in [0.2, 0.25) is 0 Å². The number of hydrogen-bond acceptors (Lipinski definition) is 12. The number of hydrogen-bond donors (Lipinski definition) is 4. The minimum absolute atomic E-state index is 0.0519. The summed E-state index contributed by atoms with van der Waals surface area (Å²) in [5.41, 5.74) is 5.18. The van der Waals surface area contributed by atoms with Gasteiger partial charge >= 0.3 is 0 Å². The summed E-state index contributed by atoms with van der Waals surface area (Å²) in [6, 6.07) is 35.8. The molecule has 17 heteroatoms. The predicted octanol–water partition coefficient (Wildman–Crippen LogP) is 3.53. The summed E-state index contributed by atoms with van der Waals surface area (Å²) in [5, 5.41) is 13.2. The minimum atomic E-state index is -0.860. The van der Waals surface area contributed by atoms with Crippen molar-refractivity contribution < 1.29 is 38.0 Å². The molecule has 5 aromatic rings. The molecular weight excluding hydrogens is 949 g/mol. The van der Waals surface area contributed by atoms with E-state index in [2.05, 4.69) is 84.1 Å². The number of rotatable bonds is 24. The van der Waals surface area contributed by atoms with Crippen LogP contribution in [0.5, 0.6) is 5.75 Å². The van der Waals surface area contributed by atoms with Crippen molar-refractivity contribution >= 4 is 23.6 Å². The molecule has 0 bridgehead atoms. The van der Waals surface area contributed by atoms with Crippen LogP contribution < -0.4 is 30.6 Å². The zero-order valence-electron chi connectivity index (χ0n) is 43.6. The molecule has 2 aliphatic carbocycles. The van der Waals surface area contributed by atoms with E-state index in [0.717, 1.165) is 42.8 Å². The van der Waals surface area contributed by atoms with Gasteiger partial charge in [0.05, 0.1) is 39.5 Å². The molecule has 4 aliphatic rings.